The molecule has 0 radical (unpaired) electrons. The summed E-state index contributed by atoms with van der Waals surface area (Å²) in [5.41, 5.74) is 1.18. The van der Waals surface area contributed by atoms with Crippen molar-refractivity contribution in [2.45, 2.75) is 37.6 Å². The highest BCUT2D eigenvalue weighted by Crippen LogP contribution is 2.44. The predicted octanol–water partition coefficient (Wildman–Crippen LogP) is 4.19. The van der Waals surface area contributed by atoms with Crippen LogP contribution in [0, 0.1) is 16.0 Å². The van der Waals surface area contributed by atoms with E-state index in [9.17, 15) is 18.5 Å². The number of hydrogen-bond acceptors (Lipinski definition) is 5. The van der Waals surface area contributed by atoms with Crippen LogP contribution in [0.2, 0.25) is 0 Å². The van der Waals surface area contributed by atoms with Crippen LogP contribution in [-0.2, 0) is 10.0 Å². The van der Waals surface area contributed by atoms with E-state index in [1.807, 2.05) is 30.3 Å². The van der Waals surface area contributed by atoms with Crippen LogP contribution in [0.4, 0.5) is 11.4 Å². The topological polar surface area (TPSA) is 92.6 Å². The highest BCUT2D eigenvalue weighted by atomic mass is 32.2. The summed E-state index contributed by atoms with van der Waals surface area (Å²) in [4.78, 5) is 11.1. The SMILES string of the molecule is CCN(CC)S(=O)(=O)c1ccc(N[C@@H](c2ccccc2)C2CC2)c([N+](=O)[O-])c1. The number of nitrogens with one attached hydrogen (secondary N) is 1. The van der Waals surface area contributed by atoms with Crippen LogP contribution >= 0.6 is 0 Å². The molecule has 1 atom stereocenters. The van der Waals surface area contributed by atoms with Crippen LogP contribution in [0.3, 0.4) is 0 Å². The smallest absolute Gasteiger partial charge is 0.293 e. The van der Waals surface area contributed by atoms with Crippen LogP contribution in [0.1, 0.15) is 38.3 Å². The Balaban J connectivity index is 1.97. The Labute approximate surface area is 165 Å². The molecule has 7 nitrogen and oxygen atoms in total. The third-order valence-corrected chi connectivity index (χ3v) is 7.12. The van der Waals surface area contributed by atoms with Gasteiger partial charge in [-0.3, -0.25) is 10.1 Å². The fourth-order valence-corrected chi connectivity index (χ4v) is 4.87. The number of rotatable bonds is 9. The Hall–Kier alpha value is -2.45. The first-order valence-corrected chi connectivity index (χ1v) is 10.9. The molecular weight excluding hydrogens is 378 g/mol. The molecule has 2 aromatic rings. The fourth-order valence-electron chi connectivity index (χ4n) is 3.39. The van der Waals surface area contributed by atoms with Gasteiger partial charge in [0.05, 0.1) is 15.9 Å². The third-order valence-electron chi connectivity index (χ3n) is 5.07. The number of hydrogen-bond donors (Lipinski definition) is 1. The lowest BCUT2D eigenvalue weighted by molar-refractivity contribution is -0.384. The number of anilines is 1. The van der Waals surface area contributed by atoms with E-state index in [1.165, 1.54) is 16.4 Å². The van der Waals surface area contributed by atoms with Crippen LogP contribution in [-0.4, -0.2) is 30.7 Å². The maximum absolute atomic E-state index is 12.7. The van der Waals surface area contributed by atoms with Crippen molar-refractivity contribution < 1.29 is 13.3 Å². The van der Waals surface area contributed by atoms with E-state index in [-0.39, 0.29) is 16.6 Å². The number of nitrogens with zero attached hydrogens (tertiary/aromatic N) is 2. The monoisotopic (exact) mass is 403 g/mol. The third kappa shape index (κ3) is 4.18. The molecule has 150 valence electrons. The molecule has 0 unspecified atom stereocenters. The summed E-state index contributed by atoms with van der Waals surface area (Å²) in [5.74, 6) is 0.418. The lowest BCUT2D eigenvalue weighted by Crippen LogP contribution is -2.30. The summed E-state index contributed by atoms with van der Waals surface area (Å²) in [7, 11) is -3.76. The van der Waals surface area contributed by atoms with Crippen molar-refractivity contribution in [3.63, 3.8) is 0 Å². The second-order valence-corrected chi connectivity index (χ2v) is 8.83. The zero-order chi connectivity index (χ0) is 20.3. The van der Waals surface area contributed by atoms with Gasteiger partial charge in [-0.05, 0) is 36.5 Å². The second-order valence-electron chi connectivity index (χ2n) is 6.90. The average molecular weight is 404 g/mol. The summed E-state index contributed by atoms with van der Waals surface area (Å²) in [6, 6.07) is 13.9. The lowest BCUT2D eigenvalue weighted by Gasteiger charge is -2.21. The Kier molecular flexibility index (Phi) is 6.00. The molecule has 28 heavy (non-hydrogen) atoms. The number of nitro groups is 1. The molecule has 1 fully saturated rings. The van der Waals surface area contributed by atoms with Crippen molar-refractivity contribution in [1.29, 1.82) is 0 Å². The molecule has 1 N–H and O–H groups in total. The Morgan fingerprint density at radius 1 is 1.14 bits per heavy atom. The Bertz CT molecular complexity index is 939. The van der Waals surface area contributed by atoms with Gasteiger partial charge in [-0.2, -0.15) is 4.31 Å². The molecule has 0 heterocycles. The van der Waals surface area contributed by atoms with Crippen molar-refractivity contribution in [1.82, 2.24) is 4.31 Å². The van der Waals surface area contributed by atoms with Gasteiger partial charge in [-0.25, -0.2) is 8.42 Å². The molecule has 1 aliphatic rings. The van der Waals surface area contributed by atoms with E-state index in [0.29, 0.717) is 24.7 Å². The number of sulfonamides is 1. The summed E-state index contributed by atoms with van der Waals surface area (Å²) in [5, 5.41) is 15.0. The van der Waals surface area contributed by atoms with Crippen molar-refractivity contribution >= 4 is 21.4 Å². The maximum atomic E-state index is 12.7. The predicted molar refractivity (Wildman–Crippen MR) is 109 cm³/mol. The Morgan fingerprint density at radius 3 is 2.32 bits per heavy atom. The molecule has 8 heteroatoms. The summed E-state index contributed by atoms with van der Waals surface area (Å²) >= 11 is 0. The summed E-state index contributed by atoms with van der Waals surface area (Å²) < 4.78 is 26.7. The van der Waals surface area contributed by atoms with Crippen molar-refractivity contribution in [2.24, 2.45) is 5.92 Å². The van der Waals surface area contributed by atoms with Gasteiger partial charge in [-0.1, -0.05) is 44.2 Å². The molecule has 0 aliphatic heterocycles. The van der Waals surface area contributed by atoms with Crippen molar-refractivity contribution in [3.8, 4) is 0 Å². The molecule has 1 aliphatic carbocycles. The van der Waals surface area contributed by atoms with Gasteiger partial charge >= 0.3 is 0 Å². The summed E-state index contributed by atoms with van der Waals surface area (Å²) in [6.07, 6.45) is 2.13. The van der Waals surface area contributed by atoms with E-state index in [0.717, 1.165) is 24.5 Å². The second kappa shape index (κ2) is 8.28. The maximum Gasteiger partial charge on any atom is 0.293 e. The zero-order valence-electron chi connectivity index (χ0n) is 16.0. The fraction of sp³-hybridized carbons (Fsp3) is 0.400. The molecule has 0 amide bonds. The van der Waals surface area contributed by atoms with E-state index < -0.39 is 14.9 Å². The van der Waals surface area contributed by atoms with Gasteiger partial charge in [0.1, 0.15) is 5.69 Å². The molecular formula is C20H25N3O4S. The van der Waals surface area contributed by atoms with Crippen molar-refractivity contribution in [3.05, 3.63) is 64.2 Å². The van der Waals surface area contributed by atoms with Gasteiger partial charge in [0, 0.05) is 19.2 Å². The van der Waals surface area contributed by atoms with Crippen LogP contribution in [0.5, 0.6) is 0 Å². The standard InChI is InChI=1S/C20H25N3O4S/c1-3-22(4-2)28(26,27)17-12-13-18(19(14-17)23(24)25)21-20(16-10-11-16)15-8-6-5-7-9-15/h5-9,12-14,16,20-21H,3-4,10-11H2,1-2H3/t20-/m0/s1. The normalized spacial score (nSPS) is 15.4. The molecule has 3 rings (SSSR count). The molecule has 0 saturated heterocycles. The number of benzene rings is 2. The van der Waals surface area contributed by atoms with Crippen molar-refractivity contribution in [2.75, 3.05) is 18.4 Å². The minimum atomic E-state index is -3.76. The molecule has 1 saturated carbocycles. The molecule has 0 aromatic heterocycles. The first-order chi connectivity index (χ1) is 13.4. The number of nitro benzene ring substituents is 1. The van der Waals surface area contributed by atoms with Crippen LogP contribution < -0.4 is 5.32 Å². The van der Waals surface area contributed by atoms with E-state index in [1.54, 1.807) is 13.8 Å². The molecule has 0 bridgehead atoms. The summed E-state index contributed by atoms with van der Waals surface area (Å²) in [6.45, 7) is 4.10. The largest absolute Gasteiger partial charge is 0.372 e. The first-order valence-electron chi connectivity index (χ1n) is 9.48. The average Bonchev–Trinajstić information content (AvgIpc) is 3.52. The Morgan fingerprint density at radius 2 is 1.79 bits per heavy atom. The zero-order valence-corrected chi connectivity index (χ0v) is 16.9. The van der Waals surface area contributed by atoms with E-state index in [4.69, 9.17) is 0 Å². The first kappa shape index (κ1) is 20.3. The van der Waals surface area contributed by atoms with Gasteiger partial charge in [0.2, 0.25) is 10.0 Å². The van der Waals surface area contributed by atoms with Crippen LogP contribution in [0.25, 0.3) is 0 Å². The highest BCUT2D eigenvalue weighted by molar-refractivity contribution is 7.89. The van der Waals surface area contributed by atoms with Gasteiger partial charge in [0.25, 0.3) is 5.69 Å². The van der Waals surface area contributed by atoms with Crippen LogP contribution in [0.15, 0.2) is 53.4 Å². The molecule has 0 spiro atoms. The lowest BCUT2D eigenvalue weighted by atomic mass is 10.0. The van der Waals surface area contributed by atoms with Gasteiger partial charge < -0.3 is 5.32 Å². The quantitative estimate of drug-likeness (QED) is 0.501. The molecule has 2 aromatic carbocycles. The minimum absolute atomic E-state index is 0.0369. The van der Waals surface area contributed by atoms with E-state index in [2.05, 4.69) is 5.32 Å². The minimum Gasteiger partial charge on any atom is -0.372 e. The van der Waals surface area contributed by atoms with E-state index >= 15 is 0 Å². The highest BCUT2D eigenvalue weighted by Gasteiger charge is 2.34. The van der Waals surface area contributed by atoms with Gasteiger partial charge in [-0.15, -0.1) is 0 Å². The van der Waals surface area contributed by atoms with Gasteiger partial charge in [0.15, 0.2) is 0 Å².